The molecule has 1 aromatic rings. The zero-order valence-electron chi connectivity index (χ0n) is 14.9. The number of nitrogens with one attached hydrogen (secondary N) is 1. The van der Waals surface area contributed by atoms with Crippen molar-refractivity contribution in [3.8, 4) is 5.75 Å². The van der Waals surface area contributed by atoms with E-state index in [-0.39, 0.29) is 18.1 Å². The van der Waals surface area contributed by atoms with E-state index in [1.165, 1.54) is 0 Å². The maximum Gasteiger partial charge on any atom is 0.237 e. The molecule has 134 valence electrons. The van der Waals surface area contributed by atoms with Crippen LogP contribution in [0.15, 0.2) is 24.3 Å². The van der Waals surface area contributed by atoms with Crippen LogP contribution < -0.4 is 10.1 Å². The number of methoxy groups -OCH3 is 1. The van der Waals surface area contributed by atoms with Crippen molar-refractivity contribution in [3.63, 3.8) is 0 Å². The van der Waals surface area contributed by atoms with Gasteiger partial charge in [0.1, 0.15) is 5.75 Å². The smallest absolute Gasteiger partial charge is 0.237 e. The Kier molecular flexibility index (Phi) is 7.02. The van der Waals surface area contributed by atoms with Crippen molar-refractivity contribution in [3.05, 3.63) is 29.8 Å². The second-order valence-electron chi connectivity index (χ2n) is 6.43. The Hall–Kier alpha value is -1.63. The van der Waals surface area contributed by atoms with Gasteiger partial charge in [-0.1, -0.05) is 12.1 Å². The summed E-state index contributed by atoms with van der Waals surface area (Å²) < 4.78 is 5.13. The van der Waals surface area contributed by atoms with E-state index in [9.17, 15) is 9.90 Å². The van der Waals surface area contributed by atoms with E-state index in [2.05, 4.69) is 15.1 Å². The summed E-state index contributed by atoms with van der Waals surface area (Å²) in [6, 6.07) is 7.56. The minimum absolute atomic E-state index is 0.0507. The molecule has 1 aliphatic heterocycles. The fourth-order valence-corrected chi connectivity index (χ4v) is 2.95. The van der Waals surface area contributed by atoms with Crippen molar-refractivity contribution in [2.45, 2.75) is 32.5 Å². The van der Waals surface area contributed by atoms with Crippen molar-refractivity contribution in [1.82, 2.24) is 15.1 Å². The highest BCUT2D eigenvalue weighted by molar-refractivity contribution is 5.81. The third kappa shape index (κ3) is 5.47. The Morgan fingerprint density at radius 2 is 1.83 bits per heavy atom. The Morgan fingerprint density at radius 1 is 1.21 bits per heavy atom. The van der Waals surface area contributed by atoms with E-state index >= 15 is 0 Å². The minimum atomic E-state index is -0.304. The van der Waals surface area contributed by atoms with Crippen molar-refractivity contribution < 1.29 is 14.6 Å². The Balaban J connectivity index is 1.75. The minimum Gasteiger partial charge on any atom is -0.497 e. The number of β-amino-alcohol motifs (C(OH)–C–C–N with tert-alkyl or cyclic N) is 1. The van der Waals surface area contributed by atoms with Crippen LogP contribution in [0.3, 0.4) is 0 Å². The van der Waals surface area contributed by atoms with Crippen LogP contribution in [0, 0.1) is 0 Å². The summed E-state index contributed by atoms with van der Waals surface area (Å²) in [7, 11) is 1.64. The monoisotopic (exact) mass is 335 g/mol. The number of carbonyl (C=O) groups is 1. The molecule has 0 radical (unpaired) electrons. The fourth-order valence-electron chi connectivity index (χ4n) is 2.95. The Morgan fingerprint density at radius 3 is 2.38 bits per heavy atom. The third-order valence-corrected chi connectivity index (χ3v) is 4.48. The predicted octanol–water partition coefficient (Wildman–Crippen LogP) is 0.698. The molecule has 1 saturated heterocycles. The summed E-state index contributed by atoms with van der Waals surface area (Å²) in [6.07, 6.45) is -0.304. The number of hydrogen-bond donors (Lipinski definition) is 2. The highest BCUT2D eigenvalue weighted by atomic mass is 16.5. The van der Waals surface area contributed by atoms with E-state index in [1.54, 1.807) is 7.11 Å². The van der Waals surface area contributed by atoms with Crippen molar-refractivity contribution in [2.75, 3.05) is 39.8 Å². The maximum absolute atomic E-state index is 12.4. The van der Waals surface area contributed by atoms with Gasteiger partial charge in [0.05, 0.1) is 19.3 Å². The molecule has 2 N–H and O–H groups in total. The molecule has 24 heavy (non-hydrogen) atoms. The highest BCUT2D eigenvalue weighted by Crippen LogP contribution is 2.11. The second kappa shape index (κ2) is 9.01. The summed E-state index contributed by atoms with van der Waals surface area (Å²) >= 11 is 0. The SMILES string of the molecule is COc1ccc(CNC(=O)[C@H](C)N2CCN(C[C@@H](C)O)CC2)cc1. The van der Waals surface area contributed by atoms with Gasteiger partial charge in [0.2, 0.25) is 5.91 Å². The van der Waals surface area contributed by atoms with Crippen LogP contribution in [0.25, 0.3) is 0 Å². The van der Waals surface area contributed by atoms with E-state index in [0.29, 0.717) is 13.1 Å². The standard InChI is InChI=1S/C18H29N3O3/c1-14(22)13-20-8-10-21(11-9-20)15(2)18(23)19-12-16-4-6-17(24-3)7-5-16/h4-7,14-15,22H,8-13H2,1-3H3,(H,19,23)/t14-,15+/m1/s1. The zero-order chi connectivity index (χ0) is 17.5. The number of rotatable bonds is 7. The topological polar surface area (TPSA) is 65.0 Å². The molecule has 6 nitrogen and oxygen atoms in total. The average Bonchev–Trinajstić information content (AvgIpc) is 2.59. The lowest BCUT2D eigenvalue weighted by Gasteiger charge is -2.37. The first-order chi connectivity index (χ1) is 11.5. The van der Waals surface area contributed by atoms with Gasteiger partial charge < -0.3 is 15.2 Å². The highest BCUT2D eigenvalue weighted by Gasteiger charge is 2.25. The summed E-state index contributed by atoms with van der Waals surface area (Å²) in [5.41, 5.74) is 1.05. The van der Waals surface area contributed by atoms with Gasteiger partial charge in [0, 0.05) is 39.3 Å². The third-order valence-electron chi connectivity index (χ3n) is 4.48. The van der Waals surface area contributed by atoms with Crippen LogP contribution in [0.5, 0.6) is 5.75 Å². The Labute approximate surface area is 144 Å². The normalized spacial score (nSPS) is 18.8. The molecule has 1 amide bonds. The number of hydrogen-bond acceptors (Lipinski definition) is 5. The van der Waals surface area contributed by atoms with Crippen LogP contribution in [0.1, 0.15) is 19.4 Å². The number of amides is 1. The van der Waals surface area contributed by atoms with E-state index in [0.717, 1.165) is 37.5 Å². The number of aliphatic hydroxyl groups is 1. The van der Waals surface area contributed by atoms with Crippen molar-refractivity contribution in [2.24, 2.45) is 0 Å². The molecular weight excluding hydrogens is 306 g/mol. The van der Waals surface area contributed by atoms with E-state index in [1.807, 2.05) is 38.1 Å². The van der Waals surface area contributed by atoms with Crippen LogP contribution in [-0.2, 0) is 11.3 Å². The largest absolute Gasteiger partial charge is 0.497 e. The van der Waals surface area contributed by atoms with Gasteiger partial charge in [0.15, 0.2) is 0 Å². The fraction of sp³-hybridized carbons (Fsp3) is 0.611. The van der Waals surface area contributed by atoms with Crippen LogP contribution in [0.2, 0.25) is 0 Å². The van der Waals surface area contributed by atoms with Gasteiger partial charge in [-0.3, -0.25) is 14.6 Å². The summed E-state index contributed by atoms with van der Waals surface area (Å²) in [4.78, 5) is 16.8. The first-order valence-corrected chi connectivity index (χ1v) is 8.54. The van der Waals surface area contributed by atoms with Gasteiger partial charge in [0.25, 0.3) is 0 Å². The average molecular weight is 335 g/mol. The molecule has 1 aliphatic rings. The molecule has 1 fully saturated rings. The predicted molar refractivity (Wildman–Crippen MR) is 94.0 cm³/mol. The van der Waals surface area contributed by atoms with Crippen molar-refractivity contribution >= 4 is 5.91 Å². The van der Waals surface area contributed by atoms with E-state index < -0.39 is 0 Å². The maximum atomic E-state index is 12.4. The molecule has 0 aromatic heterocycles. The number of nitrogens with zero attached hydrogens (tertiary/aromatic N) is 2. The summed E-state index contributed by atoms with van der Waals surface area (Å²) in [5.74, 6) is 0.864. The molecule has 0 bridgehead atoms. The summed E-state index contributed by atoms with van der Waals surface area (Å²) in [5, 5.41) is 12.5. The van der Waals surface area contributed by atoms with Crippen molar-refractivity contribution in [1.29, 1.82) is 0 Å². The number of ether oxygens (including phenoxy) is 1. The van der Waals surface area contributed by atoms with Gasteiger partial charge in [-0.15, -0.1) is 0 Å². The van der Waals surface area contributed by atoms with Crippen LogP contribution in [0.4, 0.5) is 0 Å². The molecule has 0 spiro atoms. The van der Waals surface area contributed by atoms with Gasteiger partial charge >= 0.3 is 0 Å². The molecule has 0 saturated carbocycles. The van der Waals surface area contributed by atoms with Gasteiger partial charge in [-0.2, -0.15) is 0 Å². The molecule has 2 rings (SSSR count). The first kappa shape index (κ1) is 18.7. The molecular formula is C18H29N3O3. The Bertz CT molecular complexity index is 511. The zero-order valence-corrected chi connectivity index (χ0v) is 14.9. The molecule has 6 heteroatoms. The van der Waals surface area contributed by atoms with Gasteiger partial charge in [-0.05, 0) is 31.5 Å². The molecule has 0 aliphatic carbocycles. The van der Waals surface area contributed by atoms with Crippen LogP contribution >= 0.6 is 0 Å². The summed E-state index contributed by atoms with van der Waals surface area (Å²) in [6.45, 7) is 8.46. The second-order valence-corrected chi connectivity index (χ2v) is 6.43. The van der Waals surface area contributed by atoms with Crippen LogP contribution in [-0.4, -0.2) is 72.8 Å². The molecule has 1 heterocycles. The van der Waals surface area contributed by atoms with E-state index in [4.69, 9.17) is 4.74 Å². The lowest BCUT2D eigenvalue weighted by Crippen LogP contribution is -2.54. The quantitative estimate of drug-likeness (QED) is 0.768. The molecule has 1 aromatic carbocycles. The molecule has 0 unspecified atom stereocenters. The number of piperazine rings is 1. The number of aliphatic hydroxyl groups excluding tert-OH is 1. The lowest BCUT2D eigenvalue weighted by molar-refractivity contribution is -0.126. The van der Waals surface area contributed by atoms with Gasteiger partial charge in [-0.25, -0.2) is 0 Å². The molecule has 2 atom stereocenters. The first-order valence-electron chi connectivity index (χ1n) is 8.54. The number of benzene rings is 1. The number of carbonyl (C=O) groups excluding carboxylic acids is 1. The lowest BCUT2D eigenvalue weighted by atomic mass is 10.2.